The molecule has 0 bridgehead atoms. The average molecular weight is 338 g/mol. The Morgan fingerprint density at radius 3 is 2.75 bits per heavy atom. The fourth-order valence-electron chi connectivity index (χ4n) is 1.55. The number of rotatable bonds is 6. The van der Waals surface area contributed by atoms with Gasteiger partial charge in [0.1, 0.15) is 18.2 Å². The summed E-state index contributed by atoms with van der Waals surface area (Å²) in [5.74, 6) is 2.46. The zero-order chi connectivity index (χ0) is 14.4. The third kappa shape index (κ3) is 3.91. The Morgan fingerprint density at radius 1 is 1.25 bits per heavy atom. The van der Waals surface area contributed by atoms with Gasteiger partial charge in [-0.05, 0) is 35.0 Å². The van der Waals surface area contributed by atoms with Gasteiger partial charge in [-0.25, -0.2) is 4.98 Å². The molecule has 0 aliphatic heterocycles. The van der Waals surface area contributed by atoms with Gasteiger partial charge in [-0.15, -0.1) is 0 Å². The van der Waals surface area contributed by atoms with E-state index in [-0.39, 0.29) is 0 Å². The molecule has 0 spiro atoms. The average Bonchev–Trinajstić information content (AvgIpc) is 2.47. The van der Waals surface area contributed by atoms with Crippen LogP contribution in [-0.2, 0) is 11.3 Å². The third-order valence-corrected chi connectivity index (χ3v) is 3.15. The number of para-hydroxylation sites is 1. The van der Waals surface area contributed by atoms with E-state index in [1.165, 1.54) is 0 Å². The molecule has 2 aromatic rings. The highest BCUT2D eigenvalue weighted by Gasteiger charge is 2.08. The topological polar surface area (TPSA) is 56.3 Å². The lowest BCUT2D eigenvalue weighted by Gasteiger charge is -2.10. The Kier molecular flexibility index (Phi) is 5.31. The van der Waals surface area contributed by atoms with Crippen molar-refractivity contribution in [2.45, 2.75) is 13.5 Å². The molecule has 0 saturated carbocycles. The van der Waals surface area contributed by atoms with Crippen molar-refractivity contribution in [3.63, 3.8) is 0 Å². The SMILES string of the molecule is CCOCc1nc(NC)cc(Oc2ccccc2Br)n1. The van der Waals surface area contributed by atoms with Crippen LogP contribution in [0.15, 0.2) is 34.8 Å². The van der Waals surface area contributed by atoms with Crippen LogP contribution in [0.3, 0.4) is 0 Å². The first kappa shape index (κ1) is 14.7. The second-order valence-corrected chi connectivity index (χ2v) is 4.78. The van der Waals surface area contributed by atoms with Gasteiger partial charge in [-0.3, -0.25) is 0 Å². The lowest BCUT2D eigenvalue weighted by molar-refractivity contribution is 0.128. The number of anilines is 1. The summed E-state index contributed by atoms with van der Waals surface area (Å²) in [5.41, 5.74) is 0. The minimum Gasteiger partial charge on any atom is -0.438 e. The van der Waals surface area contributed by atoms with Crippen LogP contribution in [-0.4, -0.2) is 23.6 Å². The maximum Gasteiger partial charge on any atom is 0.224 e. The van der Waals surface area contributed by atoms with Crippen molar-refractivity contribution < 1.29 is 9.47 Å². The number of benzene rings is 1. The van der Waals surface area contributed by atoms with Crippen molar-refractivity contribution in [2.75, 3.05) is 19.0 Å². The Bertz CT molecular complexity index is 578. The van der Waals surface area contributed by atoms with Crippen molar-refractivity contribution in [2.24, 2.45) is 0 Å². The van der Waals surface area contributed by atoms with E-state index in [1.54, 1.807) is 13.1 Å². The first-order chi connectivity index (χ1) is 9.72. The van der Waals surface area contributed by atoms with Crippen LogP contribution >= 0.6 is 15.9 Å². The molecule has 20 heavy (non-hydrogen) atoms. The van der Waals surface area contributed by atoms with E-state index in [4.69, 9.17) is 9.47 Å². The summed E-state index contributed by atoms with van der Waals surface area (Å²) in [6, 6.07) is 9.36. The van der Waals surface area contributed by atoms with E-state index >= 15 is 0 Å². The van der Waals surface area contributed by atoms with E-state index in [0.29, 0.717) is 36.5 Å². The van der Waals surface area contributed by atoms with E-state index in [9.17, 15) is 0 Å². The van der Waals surface area contributed by atoms with Crippen LogP contribution in [0.4, 0.5) is 5.82 Å². The molecule has 0 radical (unpaired) electrons. The molecular weight excluding hydrogens is 322 g/mol. The van der Waals surface area contributed by atoms with Gasteiger partial charge < -0.3 is 14.8 Å². The van der Waals surface area contributed by atoms with Crippen LogP contribution in [0.5, 0.6) is 11.6 Å². The summed E-state index contributed by atoms with van der Waals surface area (Å²) in [6.45, 7) is 2.91. The van der Waals surface area contributed by atoms with Crippen molar-refractivity contribution >= 4 is 21.7 Å². The molecule has 106 valence electrons. The van der Waals surface area contributed by atoms with Gasteiger partial charge in [0.15, 0.2) is 5.82 Å². The number of nitrogens with zero attached hydrogens (tertiary/aromatic N) is 2. The number of hydrogen-bond acceptors (Lipinski definition) is 5. The summed E-state index contributed by atoms with van der Waals surface area (Å²) < 4.78 is 12.0. The second kappa shape index (κ2) is 7.21. The van der Waals surface area contributed by atoms with Crippen LogP contribution < -0.4 is 10.1 Å². The Morgan fingerprint density at radius 2 is 2.05 bits per heavy atom. The van der Waals surface area contributed by atoms with E-state index in [2.05, 4.69) is 31.2 Å². The largest absolute Gasteiger partial charge is 0.438 e. The maximum atomic E-state index is 5.78. The second-order valence-electron chi connectivity index (χ2n) is 3.93. The fourth-order valence-corrected chi connectivity index (χ4v) is 1.92. The van der Waals surface area contributed by atoms with Gasteiger partial charge >= 0.3 is 0 Å². The highest BCUT2D eigenvalue weighted by atomic mass is 79.9. The molecule has 1 aromatic heterocycles. The number of halogens is 1. The van der Waals surface area contributed by atoms with E-state index in [1.807, 2.05) is 31.2 Å². The Labute approximate surface area is 126 Å². The van der Waals surface area contributed by atoms with Gasteiger partial charge in [0.25, 0.3) is 0 Å². The van der Waals surface area contributed by atoms with Crippen molar-refractivity contribution in [3.8, 4) is 11.6 Å². The van der Waals surface area contributed by atoms with Gasteiger partial charge in [0.05, 0.1) is 4.47 Å². The molecule has 0 aliphatic rings. The molecule has 0 atom stereocenters. The smallest absolute Gasteiger partial charge is 0.224 e. The molecule has 1 N–H and O–H groups in total. The molecular formula is C14H16BrN3O2. The maximum absolute atomic E-state index is 5.78. The highest BCUT2D eigenvalue weighted by molar-refractivity contribution is 9.10. The third-order valence-electron chi connectivity index (χ3n) is 2.49. The van der Waals surface area contributed by atoms with Crippen molar-refractivity contribution in [3.05, 3.63) is 40.6 Å². The number of nitrogens with one attached hydrogen (secondary N) is 1. The van der Waals surface area contributed by atoms with Crippen molar-refractivity contribution in [1.29, 1.82) is 0 Å². The molecule has 0 fully saturated rings. The zero-order valence-corrected chi connectivity index (χ0v) is 13.0. The van der Waals surface area contributed by atoms with Crippen LogP contribution in [0.2, 0.25) is 0 Å². The minimum absolute atomic E-state index is 0.359. The molecule has 2 rings (SSSR count). The van der Waals surface area contributed by atoms with Crippen LogP contribution in [0, 0.1) is 0 Å². The van der Waals surface area contributed by atoms with E-state index < -0.39 is 0 Å². The molecule has 1 heterocycles. The summed E-state index contributed by atoms with van der Waals surface area (Å²) in [7, 11) is 1.80. The summed E-state index contributed by atoms with van der Waals surface area (Å²) in [5, 5.41) is 2.99. The standard InChI is InChI=1S/C14H16BrN3O2/c1-3-19-9-13-17-12(16-2)8-14(18-13)20-11-7-5-4-6-10(11)15/h4-8H,3,9H2,1-2H3,(H,16,17,18). The summed E-state index contributed by atoms with van der Waals surface area (Å²) in [4.78, 5) is 8.65. The monoisotopic (exact) mass is 337 g/mol. The normalized spacial score (nSPS) is 10.3. The lowest BCUT2D eigenvalue weighted by atomic mass is 10.3. The first-order valence-corrected chi connectivity index (χ1v) is 7.08. The van der Waals surface area contributed by atoms with Gasteiger partial charge in [-0.1, -0.05) is 12.1 Å². The predicted octanol–water partition coefficient (Wildman–Crippen LogP) is 3.61. The molecule has 0 aliphatic carbocycles. The lowest BCUT2D eigenvalue weighted by Crippen LogP contribution is -2.04. The zero-order valence-electron chi connectivity index (χ0n) is 11.4. The van der Waals surface area contributed by atoms with Gasteiger partial charge in [-0.2, -0.15) is 4.98 Å². The van der Waals surface area contributed by atoms with Gasteiger partial charge in [0, 0.05) is 19.7 Å². The fraction of sp³-hybridized carbons (Fsp3) is 0.286. The molecule has 0 amide bonds. The molecule has 6 heteroatoms. The predicted molar refractivity (Wildman–Crippen MR) is 81.1 cm³/mol. The molecule has 0 saturated heterocycles. The van der Waals surface area contributed by atoms with Crippen LogP contribution in [0.25, 0.3) is 0 Å². The summed E-state index contributed by atoms with van der Waals surface area (Å²) in [6.07, 6.45) is 0. The van der Waals surface area contributed by atoms with Gasteiger partial charge in [0.2, 0.25) is 5.88 Å². The highest BCUT2D eigenvalue weighted by Crippen LogP contribution is 2.29. The van der Waals surface area contributed by atoms with Crippen molar-refractivity contribution in [1.82, 2.24) is 9.97 Å². The number of ether oxygens (including phenoxy) is 2. The Balaban J connectivity index is 2.24. The Hall–Kier alpha value is -1.66. The minimum atomic E-state index is 0.359. The molecule has 5 nitrogen and oxygen atoms in total. The summed E-state index contributed by atoms with van der Waals surface area (Å²) >= 11 is 3.44. The number of hydrogen-bond donors (Lipinski definition) is 1. The van der Waals surface area contributed by atoms with Crippen LogP contribution in [0.1, 0.15) is 12.7 Å². The quantitative estimate of drug-likeness (QED) is 0.872. The number of aromatic nitrogens is 2. The molecule has 1 aromatic carbocycles. The first-order valence-electron chi connectivity index (χ1n) is 6.28. The molecule has 0 unspecified atom stereocenters. The van der Waals surface area contributed by atoms with E-state index in [0.717, 1.165) is 4.47 Å².